The van der Waals surface area contributed by atoms with E-state index in [-0.39, 0.29) is 6.04 Å². The van der Waals surface area contributed by atoms with Crippen LogP contribution in [0.25, 0.3) is 0 Å². The van der Waals surface area contributed by atoms with Crippen LogP contribution < -0.4 is 5.32 Å². The van der Waals surface area contributed by atoms with E-state index in [1.54, 1.807) is 10.7 Å². The Bertz CT molecular complexity index is 475. The van der Waals surface area contributed by atoms with Gasteiger partial charge in [-0.05, 0) is 13.3 Å². The summed E-state index contributed by atoms with van der Waals surface area (Å²) in [7, 11) is 1.17. The van der Waals surface area contributed by atoms with Gasteiger partial charge in [0.15, 0.2) is 6.10 Å². The topological polar surface area (TPSA) is 70.4 Å². The van der Waals surface area contributed by atoms with Crippen molar-refractivity contribution >= 4 is 11.8 Å². The summed E-state index contributed by atoms with van der Waals surface area (Å²) in [5, 5.41) is 15.5. The van der Waals surface area contributed by atoms with Crippen LogP contribution in [0.2, 0.25) is 0 Å². The Balaban J connectivity index is 2.67. The Morgan fingerprint density at radius 3 is 2.71 bits per heavy atom. The fraction of sp³-hybridized carbons (Fsp3) is 0.667. The molecule has 2 unspecified atom stereocenters. The zero-order valence-corrected chi connectivity index (χ0v) is 12.1. The number of nitrogens with zero attached hydrogens (tertiary/aromatic N) is 3. The second kappa shape index (κ2) is 6.79. The molecule has 0 bridgehead atoms. The van der Waals surface area contributed by atoms with Gasteiger partial charge in [-0.3, -0.25) is 5.32 Å². The molecule has 1 aromatic heterocycles. The molecule has 0 aromatic carbocycles. The average molecular weight is 308 g/mol. The van der Waals surface area contributed by atoms with Crippen LogP contribution in [0.4, 0.5) is 23.8 Å². The first kappa shape index (κ1) is 17.3. The number of hydrogen-bond acceptors (Lipinski definition) is 3. The maximum absolute atomic E-state index is 12.2. The zero-order valence-electron chi connectivity index (χ0n) is 12.1. The first-order valence-electron chi connectivity index (χ1n) is 6.47. The van der Waals surface area contributed by atoms with Crippen LogP contribution in [0, 0.1) is 0 Å². The Morgan fingerprint density at radius 1 is 1.57 bits per heavy atom. The third-order valence-electron chi connectivity index (χ3n) is 3.08. The van der Waals surface area contributed by atoms with Gasteiger partial charge in [-0.2, -0.15) is 18.3 Å². The Labute approximate surface area is 120 Å². The summed E-state index contributed by atoms with van der Waals surface area (Å²) >= 11 is 0. The minimum absolute atomic E-state index is 0.0429. The molecule has 0 saturated carbocycles. The van der Waals surface area contributed by atoms with Crippen molar-refractivity contribution < 1.29 is 23.1 Å². The lowest BCUT2D eigenvalue weighted by Gasteiger charge is -2.23. The van der Waals surface area contributed by atoms with E-state index in [4.69, 9.17) is 5.11 Å². The standard InChI is InChI=1S/C12H19F3N4O2/c1-4-8(2)19-10(5-6-16-19)17-11(21)18(3)7-9(20)12(13,14)15/h5-6,8-9,20H,4,7H2,1-3H3,(H,17,21). The molecule has 120 valence electrons. The Kier molecular flexibility index (Phi) is 5.59. The van der Waals surface area contributed by atoms with Crippen LogP contribution in [0.3, 0.4) is 0 Å². The molecule has 2 N–H and O–H groups in total. The summed E-state index contributed by atoms with van der Waals surface area (Å²) in [5.41, 5.74) is 0. The van der Waals surface area contributed by atoms with Gasteiger partial charge < -0.3 is 10.0 Å². The molecule has 0 fully saturated rings. The number of aromatic nitrogens is 2. The monoisotopic (exact) mass is 308 g/mol. The number of carbonyl (C=O) groups is 1. The predicted molar refractivity (Wildman–Crippen MR) is 70.9 cm³/mol. The number of halogens is 3. The van der Waals surface area contributed by atoms with Crippen molar-refractivity contribution in [1.82, 2.24) is 14.7 Å². The molecule has 0 aliphatic heterocycles. The smallest absolute Gasteiger partial charge is 0.382 e. The predicted octanol–water partition coefficient (Wildman–Crippen LogP) is 2.24. The van der Waals surface area contributed by atoms with E-state index in [2.05, 4.69) is 10.4 Å². The van der Waals surface area contributed by atoms with Gasteiger partial charge in [0, 0.05) is 13.1 Å². The van der Waals surface area contributed by atoms with E-state index in [0.29, 0.717) is 5.82 Å². The Hall–Kier alpha value is -1.77. The summed E-state index contributed by atoms with van der Waals surface area (Å²) in [6, 6.07) is 0.850. The quantitative estimate of drug-likeness (QED) is 0.876. The average Bonchev–Trinajstić information content (AvgIpc) is 2.84. The lowest BCUT2D eigenvalue weighted by atomic mass is 10.3. The fourth-order valence-corrected chi connectivity index (χ4v) is 1.59. The molecule has 0 radical (unpaired) electrons. The van der Waals surface area contributed by atoms with Gasteiger partial charge in [0.1, 0.15) is 5.82 Å². The van der Waals surface area contributed by atoms with Crippen LogP contribution >= 0.6 is 0 Å². The third-order valence-corrected chi connectivity index (χ3v) is 3.08. The van der Waals surface area contributed by atoms with Crippen molar-refractivity contribution in [3.63, 3.8) is 0 Å². The van der Waals surface area contributed by atoms with E-state index < -0.39 is 24.9 Å². The van der Waals surface area contributed by atoms with E-state index >= 15 is 0 Å². The molecule has 0 aliphatic rings. The number of rotatable bonds is 5. The first-order valence-corrected chi connectivity index (χ1v) is 6.47. The lowest BCUT2D eigenvalue weighted by Crippen LogP contribution is -2.43. The number of likely N-dealkylation sites (N-methyl/N-ethyl adjacent to an activating group) is 1. The molecule has 0 spiro atoms. The highest BCUT2D eigenvalue weighted by molar-refractivity contribution is 5.88. The molecule has 1 heterocycles. The van der Waals surface area contributed by atoms with Crippen molar-refractivity contribution in [2.45, 2.75) is 38.6 Å². The molecule has 0 saturated heterocycles. The van der Waals surface area contributed by atoms with Crippen molar-refractivity contribution in [3.8, 4) is 0 Å². The van der Waals surface area contributed by atoms with E-state index in [0.717, 1.165) is 11.3 Å². The molecule has 21 heavy (non-hydrogen) atoms. The summed E-state index contributed by atoms with van der Waals surface area (Å²) in [4.78, 5) is 12.6. The van der Waals surface area contributed by atoms with E-state index in [1.807, 2.05) is 13.8 Å². The van der Waals surface area contributed by atoms with Gasteiger partial charge in [-0.15, -0.1) is 0 Å². The summed E-state index contributed by atoms with van der Waals surface area (Å²) < 4.78 is 38.3. The fourth-order valence-electron chi connectivity index (χ4n) is 1.59. The highest BCUT2D eigenvalue weighted by atomic mass is 19.4. The zero-order chi connectivity index (χ0) is 16.2. The van der Waals surface area contributed by atoms with Gasteiger partial charge in [-0.25, -0.2) is 9.48 Å². The lowest BCUT2D eigenvalue weighted by molar-refractivity contribution is -0.205. The van der Waals surface area contributed by atoms with Gasteiger partial charge in [-0.1, -0.05) is 6.92 Å². The molecular formula is C12H19F3N4O2. The highest BCUT2D eigenvalue weighted by Crippen LogP contribution is 2.21. The number of nitrogens with one attached hydrogen (secondary N) is 1. The van der Waals surface area contributed by atoms with Crippen molar-refractivity contribution in [2.75, 3.05) is 18.9 Å². The van der Waals surface area contributed by atoms with Crippen molar-refractivity contribution in [2.24, 2.45) is 0 Å². The second-order valence-electron chi connectivity index (χ2n) is 4.79. The van der Waals surface area contributed by atoms with Crippen LogP contribution in [-0.2, 0) is 0 Å². The molecular weight excluding hydrogens is 289 g/mol. The number of amides is 2. The van der Waals surface area contributed by atoms with Gasteiger partial charge in [0.25, 0.3) is 0 Å². The molecule has 9 heteroatoms. The van der Waals surface area contributed by atoms with E-state index in [1.165, 1.54) is 13.2 Å². The minimum Gasteiger partial charge on any atom is -0.382 e. The maximum atomic E-state index is 12.2. The molecule has 0 aliphatic carbocycles. The number of alkyl halides is 3. The molecule has 1 aromatic rings. The molecule has 6 nitrogen and oxygen atoms in total. The molecule has 2 atom stereocenters. The van der Waals surface area contributed by atoms with Crippen LogP contribution in [0.1, 0.15) is 26.3 Å². The number of carbonyl (C=O) groups excluding carboxylic acids is 1. The van der Waals surface area contributed by atoms with E-state index in [9.17, 15) is 18.0 Å². The number of hydrogen-bond donors (Lipinski definition) is 2. The van der Waals surface area contributed by atoms with Crippen LogP contribution in [0.5, 0.6) is 0 Å². The van der Waals surface area contributed by atoms with Crippen LogP contribution in [0.15, 0.2) is 12.3 Å². The van der Waals surface area contributed by atoms with Gasteiger partial charge in [0.05, 0.1) is 18.8 Å². The molecule has 2 amide bonds. The number of anilines is 1. The van der Waals surface area contributed by atoms with Crippen LogP contribution in [-0.4, -0.2) is 51.7 Å². The SMILES string of the molecule is CCC(C)n1nccc1NC(=O)N(C)CC(O)C(F)(F)F. The number of urea groups is 1. The minimum atomic E-state index is -4.76. The molecule has 1 rings (SSSR count). The van der Waals surface area contributed by atoms with Gasteiger partial charge >= 0.3 is 12.2 Å². The summed E-state index contributed by atoms with van der Waals surface area (Å²) in [6.07, 6.45) is -5.06. The summed E-state index contributed by atoms with van der Waals surface area (Å²) in [5.74, 6) is 0.391. The summed E-state index contributed by atoms with van der Waals surface area (Å²) in [6.45, 7) is 3.01. The van der Waals surface area contributed by atoms with Crippen molar-refractivity contribution in [1.29, 1.82) is 0 Å². The third kappa shape index (κ3) is 4.62. The largest absolute Gasteiger partial charge is 0.416 e. The van der Waals surface area contributed by atoms with Gasteiger partial charge in [0.2, 0.25) is 0 Å². The highest BCUT2D eigenvalue weighted by Gasteiger charge is 2.39. The first-order chi connectivity index (χ1) is 9.66. The normalized spacial score (nSPS) is 14.6. The Morgan fingerprint density at radius 2 is 2.19 bits per heavy atom. The second-order valence-corrected chi connectivity index (χ2v) is 4.79. The maximum Gasteiger partial charge on any atom is 0.416 e. The van der Waals surface area contributed by atoms with Crippen molar-refractivity contribution in [3.05, 3.63) is 12.3 Å². The number of aliphatic hydroxyl groups excluding tert-OH is 1. The number of aliphatic hydroxyl groups is 1.